The van der Waals surface area contributed by atoms with Crippen molar-refractivity contribution in [3.8, 4) is 5.75 Å². The lowest BCUT2D eigenvalue weighted by Crippen LogP contribution is -2.35. The molecule has 0 bridgehead atoms. The first-order valence-electron chi connectivity index (χ1n) is 6.43. The molecule has 1 unspecified atom stereocenters. The van der Waals surface area contributed by atoms with E-state index in [4.69, 9.17) is 10.5 Å². The van der Waals surface area contributed by atoms with Crippen molar-refractivity contribution in [2.75, 3.05) is 13.7 Å². The monoisotopic (exact) mass is 234 g/mol. The van der Waals surface area contributed by atoms with Crippen molar-refractivity contribution >= 4 is 0 Å². The van der Waals surface area contributed by atoms with Gasteiger partial charge in [0.05, 0.1) is 7.11 Å². The number of ether oxygens (including phenoxy) is 1. The van der Waals surface area contributed by atoms with Gasteiger partial charge in [-0.25, -0.2) is 0 Å². The molecule has 1 atom stereocenters. The zero-order chi connectivity index (χ0) is 12.1. The van der Waals surface area contributed by atoms with Crippen LogP contribution in [0.2, 0.25) is 0 Å². The fourth-order valence-corrected chi connectivity index (χ4v) is 2.51. The van der Waals surface area contributed by atoms with E-state index in [0.717, 1.165) is 5.75 Å². The number of nitrogens with one attached hydrogen (secondary N) is 1. The molecule has 17 heavy (non-hydrogen) atoms. The maximum Gasteiger partial charge on any atom is 0.118 e. The van der Waals surface area contributed by atoms with Gasteiger partial charge in [-0.1, -0.05) is 25.0 Å². The second-order valence-electron chi connectivity index (χ2n) is 4.71. The van der Waals surface area contributed by atoms with E-state index in [1.54, 1.807) is 7.11 Å². The van der Waals surface area contributed by atoms with Gasteiger partial charge in [-0.3, -0.25) is 0 Å². The Bertz CT molecular complexity index is 331. The molecule has 0 saturated heterocycles. The minimum Gasteiger partial charge on any atom is -0.497 e. The number of hydrogen-bond acceptors (Lipinski definition) is 3. The van der Waals surface area contributed by atoms with Crippen LogP contribution in [0, 0.1) is 0 Å². The Morgan fingerprint density at radius 1 is 1.29 bits per heavy atom. The molecule has 3 nitrogen and oxygen atoms in total. The lowest BCUT2D eigenvalue weighted by Gasteiger charge is -2.22. The van der Waals surface area contributed by atoms with Crippen LogP contribution in [0.1, 0.15) is 37.3 Å². The largest absolute Gasteiger partial charge is 0.497 e. The molecular weight excluding hydrogens is 212 g/mol. The third-order valence-corrected chi connectivity index (χ3v) is 3.55. The molecule has 1 aliphatic carbocycles. The molecule has 1 aromatic rings. The molecule has 94 valence electrons. The van der Waals surface area contributed by atoms with Crippen LogP contribution in [0.15, 0.2) is 24.3 Å². The van der Waals surface area contributed by atoms with Crippen LogP contribution in [0.5, 0.6) is 5.75 Å². The molecule has 0 aliphatic heterocycles. The second kappa shape index (κ2) is 6.03. The van der Waals surface area contributed by atoms with E-state index in [1.807, 2.05) is 12.1 Å². The maximum absolute atomic E-state index is 5.86. The minimum absolute atomic E-state index is 0.268. The van der Waals surface area contributed by atoms with E-state index < -0.39 is 0 Å². The van der Waals surface area contributed by atoms with Crippen molar-refractivity contribution in [1.82, 2.24) is 5.32 Å². The van der Waals surface area contributed by atoms with Gasteiger partial charge in [0.1, 0.15) is 5.75 Å². The van der Waals surface area contributed by atoms with Gasteiger partial charge in [0, 0.05) is 18.6 Å². The van der Waals surface area contributed by atoms with Crippen molar-refractivity contribution in [3.05, 3.63) is 29.8 Å². The number of rotatable bonds is 5. The molecule has 2 rings (SSSR count). The van der Waals surface area contributed by atoms with Gasteiger partial charge in [-0.2, -0.15) is 0 Å². The summed E-state index contributed by atoms with van der Waals surface area (Å²) in [6.07, 6.45) is 5.26. The Hall–Kier alpha value is -1.06. The molecule has 0 amide bonds. The standard InChI is InChI=1S/C14H22N2O/c1-17-13-8-6-11(7-9-13)14(10-15)16-12-4-2-3-5-12/h6-9,12,14,16H,2-5,10,15H2,1H3. The highest BCUT2D eigenvalue weighted by Gasteiger charge is 2.19. The van der Waals surface area contributed by atoms with Gasteiger partial charge < -0.3 is 15.8 Å². The van der Waals surface area contributed by atoms with Crippen LogP contribution < -0.4 is 15.8 Å². The molecular formula is C14H22N2O. The predicted octanol–water partition coefficient (Wildman–Crippen LogP) is 2.23. The van der Waals surface area contributed by atoms with Gasteiger partial charge in [0.2, 0.25) is 0 Å². The highest BCUT2D eigenvalue weighted by atomic mass is 16.5. The summed E-state index contributed by atoms with van der Waals surface area (Å²) in [5, 5.41) is 3.65. The number of hydrogen-bond donors (Lipinski definition) is 2. The van der Waals surface area contributed by atoms with E-state index in [2.05, 4.69) is 17.4 Å². The van der Waals surface area contributed by atoms with Gasteiger partial charge in [-0.05, 0) is 30.5 Å². The average Bonchev–Trinajstić information content (AvgIpc) is 2.89. The summed E-state index contributed by atoms with van der Waals surface area (Å²) >= 11 is 0. The lowest BCUT2D eigenvalue weighted by molar-refractivity contribution is 0.413. The van der Waals surface area contributed by atoms with E-state index in [-0.39, 0.29) is 6.04 Å². The Morgan fingerprint density at radius 3 is 2.47 bits per heavy atom. The van der Waals surface area contributed by atoms with Gasteiger partial charge in [0.15, 0.2) is 0 Å². The highest BCUT2D eigenvalue weighted by molar-refractivity contribution is 5.29. The minimum atomic E-state index is 0.268. The zero-order valence-electron chi connectivity index (χ0n) is 10.5. The van der Waals surface area contributed by atoms with Crippen LogP contribution in [0.4, 0.5) is 0 Å². The quantitative estimate of drug-likeness (QED) is 0.821. The Labute approximate surface area is 103 Å². The molecule has 0 heterocycles. The van der Waals surface area contributed by atoms with Crippen molar-refractivity contribution in [2.24, 2.45) is 5.73 Å². The number of benzene rings is 1. The predicted molar refractivity (Wildman–Crippen MR) is 70.2 cm³/mol. The van der Waals surface area contributed by atoms with Crippen molar-refractivity contribution in [3.63, 3.8) is 0 Å². The van der Waals surface area contributed by atoms with Crippen LogP contribution in [-0.4, -0.2) is 19.7 Å². The summed E-state index contributed by atoms with van der Waals surface area (Å²) in [6.45, 7) is 0.642. The summed E-state index contributed by atoms with van der Waals surface area (Å²) in [6, 6.07) is 9.09. The topological polar surface area (TPSA) is 47.3 Å². The van der Waals surface area contributed by atoms with E-state index in [9.17, 15) is 0 Å². The van der Waals surface area contributed by atoms with Gasteiger partial charge >= 0.3 is 0 Å². The molecule has 1 fully saturated rings. The van der Waals surface area contributed by atoms with Crippen molar-refractivity contribution in [1.29, 1.82) is 0 Å². The van der Waals surface area contributed by atoms with Gasteiger partial charge in [0.25, 0.3) is 0 Å². The SMILES string of the molecule is COc1ccc(C(CN)NC2CCCC2)cc1. The fraction of sp³-hybridized carbons (Fsp3) is 0.571. The first kappa shape index (κ1) is 12.4. The fourth-order valence-electron chi connectivity index (χ4n) is 2.51. The molecule has 3 N–H and O–H groups in total. The van der Waals surface area contributed by atoms with Crippen molar-refractivity contribution in [2.45, 2.75) is 37.8 Å². The first-order valence-corrected chi connectivity index (χ1v) is 6.43. The van der Waals surface area contributed by atoms with Crippen LogP contribution in [0.25, 0.3) is 0 Å². The molecule has 1 saturated carbocycles. The summed E-state index contributed by atoms with van der Waals surface area (Å²) < 4.78 is 5.16. The third kappa shape index (κ3) is 3.20. The zero-order valence-corrected chi connectivity index (χ0v) is 10.5. The summed E-state index contributed by atoms with van der Waals surface area (Å²) in [5.74, 6) is 0.894. The van der Waals surface area contributed by atoms with E-state index in [0.29, 0.717) is 12.6 Å². The Morgan fingerprint density at radius 2 is 1.94 bits per heavy atom. The lowest BCUT2D eigenvalue weighted by atomic mass is 10.1. The molecule has 1 aliphatic rings. The second-order valence-corrected chi connectivity index (χ2v) is 4.71. The van der Waals surface area contributed by atoms with Crippen molar-refractivity contribution < 1.29 is 4.74 Å². The third-order valence-electron chi connectivity index (χ3n) is 3.55. The molecule has 0 radical (unpaired) electrons. The van der Waals surface area contributed by atoms with E-state index in [1.165, 1.54) is 31.2 Å². The molecule has 0 spiro atoms. The Balaban J connectivity index is 2.00. The van der Waals surface area contributed by atoms with Crippen LogP contribution in [0.3, 0.4) is 0 Å². The van der Waals surface area contributed by atoms with Crippen LogP contribution >= 0.6 is 0 Å². The molecule has 0 aromatic heterocycles. The Kier molecular flexibility index (Phi) is 4.40. The smallest absolute Gasteiger partial charge is 0.118 e. The summed E-state index contributed by atoms with van der Waals surface area (Å²) in [7, 11) is 1.69. The summed E-state index contributed by atoms with van der Waals surface area (Å²) in [4.78, 5) is 0. The van der Waals surface area contributed by atoms with E-state index >= 15 is 0 Å². The number of nitrogens with two attached hydrogens (primary N) is 1. The number of methoxy groups -OCH3 is 1. The molecule has 1 aromatic carbocycles. The normalized spacial score (nSPS) is 18.2. The first-order chi connectivity index (χ1) is 8.33. The van der Waals surface area contributed by atoms with Crippen LogP contribution in [-0.2, 0) is 0 Å². The average molecular weight is 234 g/mol. The molecule has 3 heteroatoms. The summed E-state index contributed by atoms with van der Waals surface area (Å²) in [5.41, 5.74) is 7.11. The maximum atomic E-state index is 5.86. The van der Waals surface area contributed by atoms with Gasteiger partial charge in [-0.15, -0.1) is 0 Å². The highest BCUT2D eigenvalue weighted by Crippen LogP contribution is 2.23.